The van der Waals surface area contributed by atoms with E-state index in [0.717, 1.165) is 16.7 Å². The van der Waals surface area contributed by atoms with Gasteiger partial charge in [-0.25, -0.2) is 0 Å². The van der Waals surface area contributed by atoms with E-state index in [9.17, 15) is 0 Å². The molecule has 104 valence electrons. The molecule has 0 bridgehead atoms. The van der Waals surface area contributed by atoms with Gasteiger partial charge in [-0.05, 0) is 53.8 Å². The van der Waals surface area contributed by atoms with Gasteiger partial charge in [-0.15, -0.1) is 11.3 Å². The van der Waals surface area contributed by atoms with E-state index in [4.69, 9.17) is 10.2 Å². The van der Waals surface area contributed by atoms with Crippen molar-refractivity contribution in [1.29, 1.82) is 0 Å². The molecule has 2 N–H and O–H groups in total. The molecule has 0 aromatic carbocycles. The Kier molecular flexibility index (Phi) is 5.21. The SMILES string of the molecule is CC(Cc1cccs1)N(C)C(CN)c1occc1Br. The molecule has 0 spiro atoms. The van der Waals surface area contributed by atoms with E-state index in [1.807, 2.05) is 6.07 Å². The van der Waals surface area contributed by atoms with Gasteiger partial charge in [-0.2, -0.15) is 0 Å². The molecule has 0 aliphatic rings. The average molecular weight is 343 g/mol. The van der Waals surface area contributed by atoms with Crippen LogP contribution in [0, 0.1) is 0 Å². The first-order chi connectivity index (χ1) is 9.13. The molecule has 0 amide bonds. The van der Waals surface area contributed by atoms with E-state index in [1.165, 1.54) is 4.88 Å². The first-order valence-corrected chi connectivity index (χ1v) is 7.98. The molecule has 2 aromatic heterocycles. The Hall–Kier alpha value is -0.620. The van der Waals surface area contributed by atoms with Crippen molar-refractivity contribution in [1.82, 2.24) is 4.90 Å². The summed E-state index contributed by atoms with van der Waals surface area (Å²) in [5.74, 6) is 0.906. The number of halogens is 1. The van der Waals surface area contributed by atoms with E-state index in [1.54, 1.807) is 17.6 Å². The van der Waals surface area contributed by atoms with Crippen molar-refractivity contribution in [3.05, 3.63) is 45.0 Å². The summed E-state index contributed by atoms with van der Waals surface area (Å²) in [6, 6.07) is 6.69. The van der Waals surface area contributed by atoms with Crippen LogP contribution in [-0.4, -0.2) is 24.5 Å². The lowest BCUT2D eigenvalue weighted by atomic mass is 10.1. The third-order valence-corrected chi connectivity index (χ3v) is 4.99. The second-order valence-corrected chi connectivity index (χ2v) is 6.57. The van der Waals surface area contributed by atoms with E-state index < -0.39 is 0 Å². The Morgan fingerprint density at radius 3 is 2.79 bits per heavy atom. The minimum Gasteiger partial charge on any atom is -0.466 e. The number of furan rings is 1. The summed E-state index contributed by atoms with van der Waals surface area (Å²) in [6.45, 7) is 2.76. The van der Waals surface area contributed by atoms with Gasteiger partial charge in [0.05, 0.1) is 16.8 Å². The summed E-state index contributed by atoms with van der Waals surface area (Å²) in [6.07, 6.45) is 2.73. The van der Waals surface area contributed by atoms with Crippen molar-refractivity contribution in [3.8, 4) is 0 Å². The standard InChI is InChI=1S/C14H19BrN2OS/c1-10(8-11-4-3-7-19-11)17(2)13(9-16)14-12(15)5-6-18-14/h3-7,10,13H,8-9,16H2,1-2H3. The smallest absolute Gasteiger partial charge is 0.136 e. The lowest BCUT2D eigenvalue weighted by Gasteiger charge is -2.31. The monoisotopic (exact) mass is 342 g/mol. The molecule has 2 rings (SSSR count). The van der Waals surface area contributed by atoms with Crippen LogP contribution < -0.4 is 5.73 Å². The fourth-order valence-electron chi connectivity index (χ4n) is 2.17. The summed E-state index contributed by atoms with van der Waals surface area (Å²) in [4.78, 5) is 3.68. The van der Waals surface area contributed by atoms with Gasteiger partial charge in [0.1, 0.15) is 5.76 Å². The van der Waals surface area contributed by atoms with E-state index >= 15 is 0 Å². The van der Waals surface area contributed by atoms with Crippen LogP contribution in [0.1, 0.15) is 23.6 Å². The minimum atomic E-state index is 0.0966. The van der Waals surface area contributed by atoms with Gasteiger partial charge in [0.15, 0.2) is 0 Å². The highest BCUT2D eigenvalue weighted by molar-refractivity contribution is 9.10. The molecule has 0 saturated heterocycles. The predicted molar refractivity (Wildman–Crippen MR) is 83.5 cm³/mol. The maximum atomic E-state index is 5.93. The molecular weight excluding hydrogens is 324 g/mol. The van der Waals surface area contributed by atoms with Crippen LogP contribution in [0.15, 0.2) is 38.7 Å². The molecule has 2 heterocycles. The normalized spacial score (nSPS) is 14.8. The van der Waals surface area contributed by atoms with Crippen LogP contribution in [0.25, 0.3) is 0 Å². The van der Waals surface area contributed by atoms with Gasteiger partial charge in [0, 0.05) is 17.5 Å². The molecular formula is C14H19BrN2OS. The summed E-state index contributed by atoms with van der Waals surface area (Å²) in [5, 5.41) is 2.12. The fraction of sp³-hybridized carbons (Fsp3) is 0.429. The number of rotatable bonds is 6. The van der Waals surface area contributed by atoms with Gasteiger partial charge in [0.2, 0.25) is 0 Å². The molecule has 0 radical (unpaired) electrons. The summed E-state index contributed by atoms with van der Waals surface area (Å²) in [7, 11) is 2.10. The third-order valence-electron chi connectivity index (χ3n) is 3.43. The highest BCUT2D eigenvalue weighted by Crippen LogP contribution is 2.29. The molecule has 3 nitrogen and oxygen atoms in total. The Morgan fingerprint density at radius 1 is 1.47 bits per heavy atom. The first-order valence-electron chi connectivity index (χ1n) is 6.30. The molecule has 2 atom stereocenters. The van der Waals surface area contributed by atoms with Crippen LogP contribution in [0.5, 0.6) is 0 Å². The summed E-state index contributed by atoms with van der Waals surface area (Å²) in [5.41, 5.74) is 5.93. The zero-order valence-electron chi connectivity index (χ0n) is 11.2. The number of nitrogens with two attached hydrogens (primary N) is 1. The van der Waals surface area contributed by atoms with Crippen molar-refractivity contribution in [3.63, 3.8) is 0 Å². The Balaban J connectivity index is 2.08. The van der Waals surface area contributed by atoms with Crippen molar-refractivity contribution >= 4 is 27.3 Å². The molecule has 19 heavy (non-hydrogen) atoms. The summed E-state index contributed by atoms with van der Waals surface area (Å²) >= 11 is 5.31. The van der Waals surface area contributed by atoms with Crippen LogP contribution in [-0.2, 0) is 6.42 Å². The van der Waals surface area contributed by atoms with Crippen LogP contribution in [0.3, 0.4) is 0 Å². The maximum absolute atomic E-state index is 5.93. The van der Waals surface area contributed by atoms with Crippen molar-refractivity contribution in [2.75, 3.05) is 13.6 Å². The van der Waals surface area contributed by atoms with Crippen LogP contribution in [0.4, 0.5) is 0 Å². The van der Waals surface area contributed by atoms with Crippen molar-refractivity contribution in [2.24, 2.45) is 5.73 Å². The molecule has 5 heteroatoms. The fourth-order valence-corrected chi connectivity index (χ4v) is 3.46. The van der Waals surface area contributed by atoms with Gasteiger partial charge in [-0.1, -0.05) is 6.07 Å². The zero-order chi connectivity index (χ0) is 13.8. The van der Waals surface area contributed by atoms with Gasteiger partial charge in [0.25, 0.3) is 0 Å². The van der Waals surface area contributed by atoms with E-state index in [-0.39, 0.29) is 6.04 Å². The number of hydrogen-bond acceptors (Lipinski definition) is 4. The molecule has 0 aliphatic carbocycles. The van der Waals surface area contributed by atoms with Crippen molar-refractivity contribution < 1.29 is 4.42 Å². The topological polar surface area (TPSA) is 42.4 Å². The highest BCUT2D eigenvalue weighted by Gasteiger charge is 2.24. The van der Waals surface area contributed by atoms with Crippen LogP contribution in [0.2, 0.25) is 0 Å². The number of thiophene rings is 1. The van der Waals surface area contributed by atoms with Crippen molar-refractivity contribution in [2.45, 2.75) is 25.4 Å². The summed E-state index contributed by atoms with van der Waals surface area (Å²) < 4.78 is 6.54. The lowest BCUT2D eigenvalue weighted by molar-refractivity contribution is 0.167. The molecule has 0 saturated carbocycles. The quantitative estimate of drug-likeness (QED) is 0.870. The Labute approximate surface area is 126 Å². The van der Waals surface area contributed by atoms with E-state index in [0.29, 0.717) is 12.6 Å². The van der Waals surface area contributed by atoms with Gasteiger partial charge >= 0.3 is 0 Å². The number of nitrogens with zero attached hydrogens (tertiary/aromatic N) is 1. The minimum absolute atomic E-state index is 0.0966. The molecule has 0 aliphatic heterocycles. The first kappa shape index (κ1) is 14.8. The Morgan fingerprint density at radius 2 is 2.26 bits per heavy atom. The maximum Gasteiger partial charge on any atom is 0.136 e. The van der Waals surface area contributed by atoms with Gasteiger partial charge < -0.3 is 10.2 Å². The van der Waals surface area contributed by atoms with Crippen LogP contribution >= 0.6 is 27.3 Å². The second-order valence-electron chi connectivity index (χ2n) is 4.68. The molecule has 0 fully saturated rings. The second kappa shape index (κ2) is 6.70. The van der Waals surface area contributed by atoms with E-state index in [2.05, 4.69) is 52.3 Å². The third kappa shape index (κ3) is 3.48. The predicted octanol–water partition coefficient (Wildman–Crippen LogP) is 3.67. The Bertz CT molecular complexity index is 497. The number of likely N-dealkylation sites (N-methyl/N-ethyl adjacent to an activating group) is 1. The largest absolute Gasteiger partial charge is 0.466 e. The molecule has 2 aromatic rings. The number of hydrogen-bond donors (Lipinski definition) is 1. The zero-order valence-corrected chi connectivity index (χ0v) is 13.6. The lowest BCUT2D eigenvalue weighted by Crippen LogP contribution is -2.38. The molecule has 2 unspecified atom stereocenters. The highest BCUT2D eigenvalue weighted by atomic mass is 79.9. The average Bonchev–Trinajstić information content (AvgIpc) is 3.03. The van der Waals surface area contributed by atoms with Gasteiger partial charge in [-0.3, -0.25) is 4.90 Å².